The summed E-state index contributed by atoms with van der Waals surface area (Å²) in [5, 5.41) is 15.0. The molecular formula is C25H20N6O2. The Hall–Kier alpha value is -4.51. The van der Waals surface area contributed by atoms with Crippen molar-refractivity contribution in [1.82, 2.24) is 19.7 Å². The van der Waals surface area contributed by atoms with Crippen LogP contribution in [0, 0.1) is 17.8 Å². The first-order valence-electron chi connectivity index (χ1n) is 10.6. The molecule has 8 heteroatoms. The first-order valence-corrected chi connectivity index (χ1v) is 10.6. The second kappa shape index (κ2) is 8.55. The largest absolute Gasteiger partial charge is 0.371 e. The summed E-state index contributed by atoms with van der Waals surface area (Å²) in [5.41, 5.74) is 2.71. The van der Waals surface area contributed by atoms with Crippen LogP contribution < -0.4 is 16.2 Å². The van der Waals surface area contributed by atoms with Crippen LogP contribution >= 0.6 is 0 Å². The van der Waals surface area contributed by atoms with E-state index in [0.29, 0.717) is 22.7 Å². The molecule has 4 aromatic rings. The van der Waals surface area contributed by atoms with Crippen LogP contribution in [0.1, 0.15) is 24.0 Å². The van der Waals surface area contributed by atoms with E-state index in [4.69, 9.17) is 0 Å². The number of hydrogen-bond acceptors (Lipinski definition) is 6. The van der Waals surface area contributed by atoms with Crippen LogP contribution in [0.5, 0.6) is 0 Å². The molecule has 1 aliphatic rings. The lowest BCUT2D eigenvalue weighted by Gasteiger charge is -2.08. The summed E-state index contributed by atoms with van der Waals surface area (Å²) >= 11 is 0. The molecule has 0 atom stereocenters. The molecule has 0 spiro atoms. The summed E-state index contributed by atoms with van der Waals surface area (Å²) < 4.78 is 1.57. The number of aromatic nitrogens is 4. The molecule has 0 saturated heterocycles. The van der Waals surface area contributed by atoms with E-state index in [0.717, 1.165) is 29.5 Å². The van der Waals surface area contributed by atoms with Gasteiger partial charge in [0.05, 0.1) is 5.56 Å². The maximum absolute atomic E-state index is 12.1. The number of carbonyl (C=O) groups excluding carboxylic acids is 1. The third-order valence-corrected chi connectivity index (χ3v) is 5.38. The molecule has 0 unspecified atom stereocenters. The van der Waals surface area contributed by atoms with E-state index < -0.39 is 0 Å². The van der Waals surface area contributed by atoms with E-state index in [-0.39, 0.29) is 17.4 Å². The Labute approximate surface area is 189 Å². The fourth-order valence-electron chi connectivity index (χ4n) is 3.43. The number of carbonyl (C=O) groups is 1. The van der Waals surface area contributed by atoms with Crippen LogP contribution in [-0.4, -0.2) is 32.7 Å². The van der Waals surface area contributed by atoms with Crippen molar-refractivity contribution in [2.75, 3.05) is 17.7 Å². The number of anilines is 2. The van der Waals surface area contributed by atoms with Crippen molar-refractivity contribution in [2.45, 2.75) is 12.8 Å². The quantitative estimate of drug-likeness (QED) is 0.477. The summed E-state index contributed by atoms with van der Waals surface area (Å²) in [6.45, 7) is 0. The summed E-state index contributed by atoms with van der Waals surface area (Å²) in [6, 6.07) is 14.2. The average Bonchev–Trinajstić information content (AvgIpc) is 3.69. The summed E-state index contributed by atoms with van der Waals surface area (Å²) in [7, 11) is 1.76. The SMILES string of the molecule is CNc1ncc(C#Cc2ccc(-n3ccccc3=O)cc2)c2cc(NC(=O)C3CC3)nnc12. The predicted octanol–water partition coefficient (Wildman–Crippen LogP) is 2.97. The number of rotatable bonds is 4. The summed E-state index contributed by atoms with van der Waals surface area (Å²) in [6.07, 6.45) is 5.22. The van der Waals surface area contributed by atoms with E-state index in [2.05, 4.69) is 37.7 Å². The van der Waals surface area contributed by atoms with Crippen LogP contribution in [-0.2, 0) is 4.79 Å². The van der Waals surface area contributed by atoms with Crippen LogP contribution in [0.3, 0.4) is 0 Å². The van der Waals surface area contributed by atoms with Gasteiger partial charge in [0.25, 0.3) is 5.56 Å². The highest BCUT2D eigenvalue weighted by Crippen LogP contribution is 2.30. The molecule has 0 bridgehead atoms. The summed E-state index contributed by atoms with van der Waals surface area (Å²) in [4.78, 5) is 28.5. The van der Waals surface area contributed by atoms with Gasteiger partial charge in [0, 0.05) is 48.1 Å². The van der Waals surface area contributed by atoms with Gasteiger partial charge in [-0.3, -0.25) is 14.2 Å². The molecule has 3 heterocycles. The molecule has 3 aromatic heterocycles. The monoisotopic (exact) mass is 436 g/mol. The van der Waals surface area contributed by atoms with Crippen molar-refractivity contribution < 1.29 is 4.79 Å². The van der Waals surface area contributed by atoms with E-state index in [9.17, 15) is 9.59 Å². The van der Waals surface area contributed by atoms with Crippen LogP contribution in [0.15, 0.2) is 65.7 Å². The molecule has 8 nitrogen and oxygen atoms in total. The van der Waals surface area contributed by atoms with Crippen molar-refractivity contribution in [1.29, 1.82) is 0 Å². The highest BCUT2D eigenvalue weighted by molar-refractivity contribution is 5.97. The van der Waals surface area contributed by atoms with Crippen LogP contribution in [0.2, 0.25) is 0 Å². The van der Waals surface area contributed by atoms with Gasteiger partial charge in [-0.15, -0.1) is 10.2 Å². The van der Waals surface area contributed by atoms with Gasteiger partial charge in [0.15, 0.2) is 11.6 Å². The molecule has 0 radical (unpaired) electrons. The zero-order chi connectivity index (χ0) is 22.8. The third kappa shape index (κ3) is 4.29. The molecule has 162 valence electrons. The Balaban J connectivity index is 1.48. The number of amides is 1. The maximum atomic E-state index is 12.1. The molecule has 5 rings (SSSR count). The number of nitrogens with one attached hydrogen (secondary N) is 2. The van der Waals surface area contributed by atoms with Gasteiger partial charge in [-0.25, -0.2) is 4.98 Å². The minimum absolute atomic E-state index is 0.0307. The third-order valence-electron chi connectivity index (χ3n) is 5.38. The Morgan fingerprint density at radius 3 is 2.64 bits per heavy atom. The maximum Gasteiger partial charge on any atom is 0.255 e. The standard InChI is InChI=1S/C25H20N6O2/c1-26-24-23-20(14-21(29-30-23)28-25(33)17-9-10-17)18(15-27-24)8-5-16-6-11-19(12-7-16)31-13-3-2-4-22(31)32/h2-4,6-7,11-15,17H,9-10H2,1H3,(H,26,27)(H,28,29,33). The second-order valence-corrected chi connectivity index (χ2v) is 7.73. The molecule has 1 aliphatic carbocycles. The molecule has 1 saturated carbocycles. The lowest BCUT2D eigenvalue weighted by Crippen LogP contribution is -2.15. The molecule has 1 amide bonds. The predicted molar refractivity (Wildman–Crippen MR) is 126 cm³/mol. The van der Waals surface area contributed by atoms with Gasteiger partial charge in [-0.2, -0.15) is 0 Å². The topological polar surface area (TPSA) is 102 Å². The zero-order valence-corrected chi connectivity index (χ0v) is 17.9. The lowest BCUT2D eigenvalue weighted by atomic mass is 10.1. The first-order chi connectivity index (χ1) is 16.1. The van der Waals surface area contributed by atoms with Crippen molar-refractivity contribution in [2.24, 2.45) is 5.92 Å². The second-order valence-electron chi connectivity index (χ2n) is 7.73. The van der Waals surface area contributed by atoms with Gasteiger partial charge in [-0.1, -0.05) is 17.9 Å². The zero-order valence-electron chi connectivity index (χ0n) is 17.9. The number of pyridine rings is 2. The van der Waals surface area contributed by atoms with E-state index >= 15 is 0 Å². The van der Waals surface area contributed by atoms with Crippen molar-refractivity contribution >= 4 is 28.4 Å². The van der Waals surface area contributed by atoms with Crippen molar-refractivity contribution in [3.05, 3.63) is 82.4 Å². The van der Waals surface area contributed by atoms with E-state index in [1.807, 2.05) is 30.3 Å². The van der Waals surface area contributed by atoms with Crippen LogP contribution in [0.4, 0.5) is 11.6 Å². The lowest BCUT2D eigenvalue weighted by molar-refractivity contribution is -0.117. The fraction of sp³-hybridized carbons (Fsp3) is 0.160. The number of hydrogen-bond donors (Lipinski definition) is 2. The molecule has 2 N–H and O–H groups in total. The molecule has 1 fully saturated rings. The fourth-order valence-corrected chi connectivity index (χ4v) is 3.43. The Morgan fingerprint density at radius 2 is 1.91 bits per heavy atom. The molecule has 0 aliphatic heterocycles. The van der Waals surface area contributed by atoms with Crippen molar-refractivity contribution in [3.63, 3.8) is 0 Å². The number of benzene rings is 1. The highest BCUT2D eigenvalue weighted by atomic mass is 16.2. The number of fused-ring (bicyclic) bond motifs is 1. The summed E-state index contributed by atoms with van der Waals surface area (Å²) in [5.74, 6) is 7.31. The van der Waals surface area contributed by atoms with Crippen molar-refractivity contribution in [3.8, 4) is 17.5 Å². The smallest absolute Gasteiger partial charge is 0.255 e. The van der Waals surface area contributed by atoms with Gasteiger partial charge < -0.3 is 10.6 Å². The molecule has 1 aromatic carbocycles. The van der Waals surface area contributed by atoms with E-state index in [1.54, 1.807) is 36.1 Å². The van der Waals surface area contributed by atoms with Gasteiger partial charge >= 0.3 is 0 Å². The Kier molecular flexibility index (Phi) is 5.29. The van der Waals surface area contributed by atoms with Gasteiger partial charge in [0.2, 0.25) is 5.91 Å². The van der Waals surface area contributed by atoms with E-state index in [1.165, 1.54) is 6.07 Å². The first kappa shape index (κ1) is 20.4. The molecule has 33 heavy (non-hydrogen) atoms. The highest BCUT2D eigenvalue weighted by Gasteiger charge is 2.30. The Bertz CT molecular complexity index is 1480. The van der Waals surface area contributed by atoms with Crippen LogP contribution in [0.25, 0.3) is 16.6 Å². The Morgan fingerprint density at radius 1 is 1.09 bits per heavy atom. The normalized spacial score (nSPS) is 12.6. The minimum atomic E-state index is -0.0933. The minimum Gasteiger partial charge on any atom is -0.371 e. The molecular weight excluding hydrogens is 416 g/mol. The number of nitrogens with zero attached hydrogens (tertiary/aromatic N) is 4. The van der Waals surface area contributed by atoms with Gasteiger partial charge in [-0.05, 0) is 49.2 Å². The van der Waals surface area contributed by atoms with Gasteiger partial charge in [0.1, 0.15) is 5.52 Å². The average molecular weight is 436 g/mol.